The van der Waals surface area contributed by atoms with E-state index < -0.39 is 11.9 Å². The first-order valence-electron chi connectivity index (χ1n) is 10.4. The number of aromatic carboxylic acids is 1. The molecule has 0 spiro atoms. The minimum atomic E-state index is -0.998. The molecular formula is C26H20Cl2N2O5. The summed E-state index contributed by atoms with van der Waals surface area (Å²) in [6.07, 6.45) is 1.43. The van der Waals surface area contributed by atoms with E-state index in [0.29, 0.717) is 34.4 Å². The highest BCUT2D eigenvalue weighted by Crippen LogP contribution is 2.30. The van der Waals surface area contributed by atoms with Gasteiger partial charge in [0.05, 0.1) is 22.2 Å². The monoisotopic (exact) mass is 510 g/mol. The van der Waals surface area contributed by atoms with Gasteiger partial charge in [-0.1, -0.05) is 41.4 Å². The fourth-order valence-electron chi connectivity index (χ4n) is 2.99. The van der Waals surface area contributed by atoms with Crippen LogP contribution in [-0.2, 0) is 11.4 Å². The van der Waals surface area contributed by atoms with Gasteiger partial charge in [0, 0.05) is 5.69 Å². The summed E-state index contributed by atoms with van der Waals surface area (Å²) in [5, 5.41) is 21.8. The molecule has 7 nitrogen and oxygen atoms in total. The third kappa shape index (κ3) is 7.00. The lowest BCUT2D eigenvalue weighted by Gasteiger charge is -2.13. The van der Waals surface area contributed by atoms with Gasteiger partial charge in [0.1, 0.15) is 18.2 Å². The molecule has 3 aromatic carbocycles. The molecule has 2 N–H and O–H groups in total. The number of halogens is 2. The summed E-state index contributed by atoms with van der Waals surface area (Å²) in [5.41, 5.74) is 1.82. The Balaban J connectivity index is 1.76. The van der Waals surface area contributed by atoms with Crippen molar-refractivity contribution < 1.29 is 24.2 Å². The van der Waals surface area contributed by atoms with Crippen molar-refractivity contribution in [2.45, 2.75) is 13.5 Å². The Morgan fingerprint density at radius 1 is 1.00 bits per heavy atom. The van der Waals surface area contributed by atoms with Crippen LogP contribution in [0, 0.1) is 11.3 Å². The van der Waals surface area contributed by atoms with Gasteiger partial charge in [-0.2, -0.15) is 5.26 Å². The molecule has 0 aliphatic rings. The lowest BCUT2D eigenvalue weighted by Crippen LogP contribution is -2.13. The fourth-order valence-corrected chi connectivity index (χ4v) is 3.29. The maximum absolute atomic E-state index is 12.6. The van der Waals surface area contributed by atoms with E-state index >= 15 is 0 Å². The second-order valence-corrected chi connectivity index (χ2v) is 8.00. The molecule has 0 fully saturated rings. The number of hydrogen-bond acceptors (Lipinski definition) is 5. The number of nitriles is 1. The Hall–Kier alpha value is -3.99. The first-order chi connectivity index (χ1) is 16.8. The number of carbonyl (C=O) groups is 2. The number of carboxylic acids is 1. The van der Waals surface area contributed by atoms with Crippen LogP contribution in [0.5, 0.6) is 11.5 Å². The van der Waals surface area contributed by atoms with Gasteiger partial charge in [0.15, 0.2) is 11.5 Å². The Morgan fingerprint density at radius 2 is 1.74 bits per heavy atom. The van der Waals surface area contributed by atoms with Crippen LogP contribution >= 0.6 is 23.2 Å². The number of nitrogens with one attached hydrogen (secondary N) is 1. The molecule has 1 amide bonds. The molecule has 3 rings (SSSR count). The van der Waals surface area contributed by atoms with Crippen LogP contribution < -0.4 is 14.8 Å². The minimum absolute atomic E-state index is 0.120. The summed E-state index contributed by atoms with van der Waals surface area (Å²) in [4.78, 5) is 23.6. The number of hydrogen-bond donors (Lipinski definition) is 2. The standard InChI is InChI=1S/C26H20Cl2N2O5/c1-2-34-24-12-17(5-10-23(24)35-15-16-3-6-18(7-4-16)26(32)33)11-19(14-29)25(31)30-20-8-9-21(27)22(28)13-20/h3-13H,2,15H2,1H3,(H,30,31)(H,32,33)/b19-11+. The van der Waals surface area contributed by atoms with E-state index in [1.807, 2.05) is 13.0 Å². The number of benzene rings is 3. The molecule has 0 aliphatic heterocycles. The van der Waals surface area contributed by atoms with E-state index in [9.17, 15) is 14.9 Å². The van der Waals surface area contributed by atoms with Crippen molar-refractivity contribution in [1.82, 2.24) is 0 Å². The molecule has 0 bridgehead atoms. The lowest BCUT2D eigenvalue weighted by molar-refractivity contribution is -0.112. The van der Waals surface area contributed by atoms with Crippen molar-refractivity contribution in [3.63, 3.8) is 0 Å². The average Bonchev–Trinajstić information content (AvgIpc) is 2.84. The van der Waals surface area contributed by atoms with Crippen LogP contribution in [0.25, 0.3) is 6.08 Å². The van der Waals surface area contributed by atoms with Crippen molar-refractivity contribution in [3.8, 4) is 17.6 Å². The van der Waals surface area contributed by atoms with Gasteiger partial charge in [0.25, 0.3) is 5.91 Å². The topological polar surface area (TPSA) is 109 Å². The van der Waals surface area contributed by atoms with Crippen molar-refractivity contribution in [1.29, 1.82) is 5.26 Å². The molecule has 178 valence electrons. The summed E-state index contributed by atoms with van der Waals surface area (Å²) in [7, 11) is 0. The zero-order valence-corrected chi connectivity index (χ0v) is 20.1. The summed E-state index contributed by atoms with van der Waals surface area (Å²) < 4.78 is 11.5. The molecule has 0 unspecified atom stereocenters. The second kappa shape index (κ2) is 11.9. The Kier molecular flexibility index (Phi) is 8.74. The minimum Gasteiger partial charge on any atom is -0.490 e. The number of carboxylic acid groups (broad SMARTS) is 1. The van der Waals surface area contributed by atoms with Crippen LogP contribution in [0.15, 0.2) is 66.2 Å². The first kappa shape index (κ1) is 25.6. The van der Waals surface area contributed by atoms with E-state index in [-0.39, 0.29) is 22.8 Å². The van der Waals surface area contributed by atoms with E-state index in [4.69, 9.17) is 37.8 Å². The van der Waals surface area contributed by atoms with E-state index in [0.717, 1.165) is 5.56 Å². The Bertz CT molecular complexity index is 1310. The quantitative estimate of drug-likeness (QED) is 0.261. The van der Waals surface area contributed by atoms with E-state index in [1.165, 1.54) is 24.3 Å². The van der Waals surface area contributed by atoms with Gasteiger partial charge >= 0.3 is 5.97 Å². The predicted molar refractivity (Wildman–Crippen MR) is 134 cm³/mol. The third-order valence-electron chi connectivity index (χ3n) is 4.72. The van der Waals surface area contributed by atoms with Crippen LogP contribution in [0.4, 0.5) is 5.69 Å². The number of carbonyl (C=O) groups excluding carboxylic acids is 1. The average molecular weight is 511 g/mol. The van der Waals surface area contributed by atoms with E-state index in [2.05, 4.69) is 5.32 Å². The molecular weight excluding hydrogens is 491 g/mol. The summed E-state index contributed by atoms with van der Waals surface area (Å²) >= 11 is 11.9. The van der Waals surface area contributed by atoms with E-state index in [1.54, 1.807) is 42.5 Å². The van der Waals surface area contributed by atoms with Gasteiger partial charge in [-0.3, -0.25) is 4.79 Å². The Morgan fingerprint density at radius 3 is 2.37 bits per heavy atom. The van der Waals surface area contributed by atoms with Crippen molar-refractivity contribution >= 4 is 46.8 Å². The number of ether oxygens (including phenoxy) is 2. The second-order valence-electron chi connectivity index (χ2n) is 7.18. The number of amides is 1. The van der Waals surface area contributed by atoms with Gasteiger partial charge in [0.2, 0.25) is 0 Å². The maximum Gasteiger partial charge on any atom is 0.335 e. The lowest BCUT2D eigenvalue weighted by atomic mass is 10.1. The molecule has 0 aliphatic carbocycles. The van der Waals surface area contributed by atoms with Crippen LogP contribution in [0.3, 0.4) is 0 Å². The van der Waals surface area contributed by atoms with Gasteiger partial charge in [-0.25, -0.2) is 4.79 Å². The number of anilines is 1. The van der Waals surface area contributed by atoms with Gasteiger partial charge in [-0.15, -0.1) is 0 Å². The predicted octanol–water partition coefficient (Wildman–Crippen LogP) is 6.21. The first-order valence-corrected chi connectivity index (χ1v) is 11.2. The number of nitrogens with zero attached hydrogens (tertiary/aromatic N) is 1. The fraction of sp³-hybridized carbons (Fsp3) is 0.115. The normalized spacial score (nSPS) is 10.9. The van der Waals surface area contributed by atoms with Crippen LogP contribution in [0.2, 0.25) is 10.0 Å². The highest BCUT2D eigenvalue weighted by molar-refractivity contribution is 6.42. The van der Waals surface area contributed by atoms with Crippen LogP contribution in [-0.4, -0.2) is 23.6 Å². The molecule has 0 saturated heterocycles. The van der Waals surface area contributed by atoms with Crippen molar-refractivity contribution in [2.75, 3.05) is 11.9 Å². The van der Waals surface area contributed by atoms with Crippen LogP contribution in [0.1, 0.15) is 28.4 Å². The largest absolute Gasteiger partial charge is 0.490 e. The summed E-state index contributed by atoms with van der Waals surface area (Å²) in [6, 6.07) is 17.9. The smallest absolute Gasteiger partial charge is 0.335 e. The highest BCUT2D eigenvalue weighted by Gasteiger charge is 2.13. The molecule has 0 heterocycles. The SMILES string of the molecule is CCOc1cc(/C=C(\C#N)C(=O)Nc2ccc(Cl)c(Cl)c2)ccc1OCc1ccc(C(=O)O)cc1. The molecule has 35 heavy (non-hydrogen) atoms. The number of rotatable bonds is 9. The van der Waals surface area contributed by atoms with Gasteiger partial charge < -0.3 is 19.9 Å². The molecule has 0 saturated carbocycles. The molecule has 0 aromatic heterocycles. The third-order valence-corrected chi connectivity index (χ3v) is 5.46. The summed E-state index contributed by atoms with van der Waals surface area (Å²) in [6.45, 7) is 2.40. The van der Waals surface area contributed by atoms with Crippen molar-refractivity contribution in [3.05, 3.63) is 93.0 Å². The molecule has 0 atom stereocenters. The Labute approximate surface area is 212 Å². The maximum atomic E-state index is 12.6. The molecule has 3 aromatic rings. The summed E-state index contributed by atoms with van der Waals surface area (Å²) in [5.74, 6) is -0.702. The molecule has 0 radical (unpaired) electrons. The highest BCUT2D eigenvalue weighted by atomic mass is 35.5. The van der Waals surface area contributed by atoms with Crippen molar-refractivity contribution in [2.24, 2.45) is 0 Å². The zero-order valence-electron chi connectivity index (χ0n) is 18.5. The molecule has 9 heteroatoms. The van der Waals surface area contributed by atoms with Gasteiger partial charge in [-0.05, 0) is 66.6 Å². The zero-order chi connectivity index (χ0) is 25.4.